The molecule has 1 nitrogen and oxygen atoms in total. The molecule has 0 saturated carbocycles. The van der Waals surface area contributed by atoms with E-state index in [-0.39, 0.29) is 0 Å². The minimum atomic E-state index is 0.873. The number of hydrogen-bond acceptors (Lipinski definition) is 2. The van der Waals surface area contributed by atoms with E-state index in [1.807, 2.05) is 11.3 Å². The van der Waals surface area contributed by atoms with Crippen molar-refractivity contribution in [1.29, 1.82) is 0 Å². The van der Waals surface area contributed by atoms with Gasteiger partial charge in [-0.2, -0.15) is 0 Å². The van der Waals surface area contributed by atoms with E-state index in [2.05, 4.69) is 201 Å². The Kier molecular flexibility index (Phi) is 8.05. The summed E-state index contributed by atoms with van der Waals surface area (Å²) in [5, 5.41) is 10.2. The summed E-state index contributed by atoms with van der Waals surface area (Å²) in [7, 11) is 0. The van der Waals surface area contributed by atoms with Crippen LogP contribution in [0.2, 0.25) is 0 Å². The third-order valence-corrected chi connectivity index (χ3v) is 12.8. The summed E-state index contributed by atoms with van der Waals surface area (Å²) in [6.07, 6.45) is 0.873. The molecule has 0 bridgehead atoms. The van der Waals surface area contributed by atoms with Gasteiger partial charge in [0.15, 0.2) is 0 Å². The minimum absolute atomic E-state index is 0.873. The summed E-state index contributed by atoms with van der Waals surface area (Å²) in [6.45, 7) is 2.24. The van der Waals surface area contributed by atoms with Crippen molar-refractivity contribution in [3.05, 3.63) is 200 Å². The molecule has 0 radical (unpaired) electrons. The number of nitrogens with zero attached hydrogens (tertiary/aromatic N) is 1. The van der Waals surface area contributed by atoms with Crippen molar-refractivity contribution in [3.8, 4) is 55.9 Å². The van der Waals surface area contributed by atoms with E-state index in [9.17, 15) is 0 Å². The lowest BCUT2D eigenvalue weighted by atomic mass is 9.88. The van der Waals surface area contributed by atoms with E-state index in [1.165, 1.54) is 91.4 Å². The lowest BCUT2D eigenvalue weighted by molar-refractivity contribution is 1.11. The Morgan fingerprint density at radius 1 is 0.368 bits per heavy atom. The van der Waals surface area contributed by atoms with Gasteiger partial charge in [-0.05, 0) is 102 Å². The van der Waals surface area contributed by atoms with Crippen LogP contribution >= 0.6 is 11.3 Å². The number of rotatable bonds is 6. The average Bonchev–Trinajstić information content (AvgIpc) is 3.67. The van der Waals surface area contributed by atoms with Gasteiger partial charge in [-0.25, -0.2) is 4.98 Å². The first-order valence-corrected chi connectivity index (χ1v) is 20.6. The molecule has 0 spiro atoms. The fraction of sp³-hybridized carbons (Fsp3) is 0.0364. The Morgan fingerprint density at radius 3 is 1.70 bits per heavy atom. The quantitative estimate of drug-likeness (QED) is 0.155. The zero-order valence-corrected chi connectivity index (χ0v) is 32.4. The van der Waals surface area contributed by atoms with Crippen LogP contribution in [-0.2, 0) is 6.42 Å². The first-order chi connectivity index (χ1) is 28.2. The van der Waals surface area contributed by atoms with Gasteiger partial charge in [0.2, 0.25) is 0 Å². The highest BCUT2D eigenvalue weighted by Crippen LogP contribution is 2.44. The molecule has 0 amide bonds. The van der Waals surface area contributed by atoms with Crippen LogP contribution in [0.1, 0.15) is 12.5 Å². The van der Waals surface area contributed by atoms with Gasteiger partial charge >= 0.3 is 0 Å². The molecule has 2 heteroatoms. The van der Waals surface area contributed by atoms with Crippen molar-refractivity contribution in [1.82, 2.24) is 4.98 Å². The second kappa shape index (κ2) is 13.7. The number of fused-ring (bicyclic) bond motifs is 9. The Bertz CT molecular complexity index is 3300. The zero-order chi connectivity index (χ0) is 37.9. The smallest absolute Gasteiger partial charge is 0.0747 e. The largest absolute Gasteiger partial charge is 0.247 e. The van der Waals surface area contributed by atoms with Crippen LogP contribution in [0.25, 0.3) is 108 Å². The Labute approximate surface area is 336 Å². The van der Waals surface area contributed by atoms with Crippen molar-refractivity contribution in [2.75, 3.05) is 0 Å². The van der Waals surface area contributed by atoms with Gasteiger partial charge < -0.3 is 0 Å². The lowest BCUT2D eigenvalue weighted by Crippen LogP contribution is -1.99. The Balaban J connectivity index is 1.13. The number of aromatic nitrogens is 1. The molecule has 0 aliphatic heterocycles. The van der Waals surface area contributed by atoms with Crippen LogP contribution in [0.4, 0.5) is 0 Å². The molecule has 11 rings (SSSR count). The van der Waals surface area contributed by atoms with E-state index >= 15 is 0 Å². The van der Waals surface area contributed by atoms with Crippen LogP contribution in [0.5, 0.6) is 0 Å². The molecule has 57 heavy (non-hydrogen) atoms. The summed E-state index contributed by atoms with van der Waals surface area (Å²) in [4.78, 5) is 5.50. The van der Waals surface area contributed by atoms with E-state index < -0.39 is 0 Å². The highest BCUT2D eigenvalue weighted by Gasteiger charge is 2.19. The van der Waals surface area contributed by atoms with Crippen molar-refractivity contribution < 1.29 is 0 Å². The van der Waals surface area contributed by atoms with Crippen molar-refractivity contribution in [3.63, 3.8) is 0 Å². The maximum absolute atomic E-state index is 5.50. The van der Waals surface area contributed by atoms with Crippen LogP contribution in [-0.4, -0.2) is 4.98 Å². The third-order valence-electron chi connectivity index (χ3n) is 11.7. The summed E-state index contributed by atoms with van der Waals surface area (Å²) in [5.74, 6) is 0. The second-order valence-corrected chi connectivity index (χ2v) is 16.0. The highest BCUT2D eigenvalue weighted by molar-refractivity contribution is 7.25. The summed E-state index contributed by atoms with van der Waals surface area (Å²) < 4.78 is 2.65. The van der Waals surface area contributed by atoms with Gasteiger partial charge in [0.1, 0.15) is 0 Å². The minimum Gasteiger partial charge on any atom is -0.247 e. The first-order valence-electron chi connectivity index (χ1n) is 19.8. The number of pyridine rings is 1. The van der Waals surface area contributed by atoms with Crippen LogP contribution < -0.4 is 0 Å². The van der Waals surface area contributed by atoms with Gasteiger partial charge in [-0.1, -0.05) is 177 Å². The zero-order valence-electron chi connectivity index (χ0n) is 31.5. The molecule has 0 atom stereocenters. The molecular formula is C55H37NS. The standard InChI is InChI=1S/C55H37NS/c1-2-41-49(37-26-24-36(25-27-37)35-14-5-3-6-15-35)34-51(56-55(41)38-16-7-4-8-17-38)40-29-31-48-50(32-40)44-19-10-9-18-43(44)47-22-13-21-42(54(47)48)39-28-30-46-45-20-11-12-23-52(45)57-53(46)33-39/h3-34H,2H2,1H3. The monoisotopic (exact) mass is 743 g/mol. The average molecular weight is 744 g/mol. The maximum atomic E-state index is 5.50. The van der Waals surface area contributed by atoms with E-state index in [1.54, 1.807) is 0 Å². The van der Waals surface area contributed by atoms with Crippen molar-refractivity contribution in [2.24, 2.45) is 0 Å². The number of benzene rings is 9. The molecule has 0 aliphatic carbocycles. The molecule has 0 aliphatic rings. The Hall–Kier alpha value is -6.87. The Morgan fingerprint density at radius 2 is 0.930 bits per heavy atom. The molecule has 2 aromatic heterocycles. The SMILES string of the molecule is CCc1c(-c2ccc(-c3ccccc3)cc2)cc(-c2ccc3c(c2)c2ccccc2c2cccc(-c4ccc5c(c4)sc4ccccc45)c23)nc1-c1ccccc1. The van der Waals surface area contributed by atoms with Gasteiger partial charge in [0, 0.05) is 31.3 Å². The van der Waals surface area contributed by atoms with Gasteiger partial charge in [0.25, 0.3) is 0 Å². The van der Waals surface area contributed by atoms with E-state index in [0.717, 1.165) is 28.9 Å². The molecule has 0 N–H and O–H groups in total. The van der Waals surface area contributed by atoms with Crippen LogP contribution in [0.15, 0.2) is 194 Å². The molecule has 9 aromatic carbocycles. The van der Waals surface area contributed by atoms with Crippen molar-refractivity contribution >= 4 is 63.8 Å². The van der Waals surface area contributed by atoms with Gasteiger partial charge in [-0.3, -0.25) is 0 Å². The van der Waals surface area contributed by atoms with Crippen LogP contribution in [0.3, 0.4) is 0 Å². The fourth-order valence-electron chi connectivity index (χ4n) is 8.94. The summed E-state index contributed by atoms with van der Waals surface area (Å²) in [6, 6.07) is 71.1. The third kappa shape index (κ3) is 5.64. The summed E-state index contributed by atoms with van der Waals surface area (Å²) >= 11 is 1.88. The van der Waals surface area contributed by atoms with E-state index in [4.69, 9.17) is 4.98 Å². The predicted molar refractivity (Wildman–Crippen MR) is 246 cm³/mol. The maximum Gasteiger partial charge on any atom is 0.0747 e. The first kappa shape index (κ1) is 33.5. The van der Waals surface area contributed by atoms with Gasteiger partial charge in [-0.15, -0.1) is 11.3 Å². The molecule has 0 unspecified atom stereocenters. The molecule has 11 aromatic rings. The van der Waals surface area contributed by atoms with E-state index in [0.29, 0.717) is 0 Å². The number of hydrogen-bond donors (Lipinski definition) is 0. The molecule has 268 valence electrons. The fourth-order valence-corrected chi connectivity index (χ4v) is 10.1. The highest BCUT2D eigenvalue weighted by atomic mass is 32.1. The lowest BCUT2D eigenvalue weighted by Gasteiger charge is -2.18. The molecule has 2 heterocycles. The van der Waals surface area contributed by atoms with Crippen molar-refractivity contribution in [2.45, 2.75) is 13.3 Å². The predicted octanol–water partition coefficient (Wildman–Crippen LogP) is 15.8. The molecule has 0 fully saturated rings. The van der Waals surface area contributed by atoms with Crippen LogP contribution in [0, 0.1) is 0 Å². The second-order valence-electron chi connectivity index (χ2n) is 14.9. The normalized spacial score (nSPS) is 11.7. The van der Waals surface area contributed by atoms with Gasteiger partial charge in [0.05, 0.1) is 11.4 Å². The molecule has 0 saturated heterocycles. The number of thiophene rings is 1. The topological polar surface area (TPSA) is 12.9 Å². The molecular weight excluding hydrogens is 707 g/mol. The summed E-state index contributed by atoms with van der Waals surface area (Å²) in [5.41, 5.74) is 12.9.